The van der Waals surface area contributed by atoms with Gasteiger partial charge >= 0.3 is 0 Å². The van der Waals surface area contributed by atoms with Crippen molar-refractivity contribution in [3.05, 3.63) is 74.1 Å². The van der Waals surface area contributed by atoms with E-state index in [2.05, 4.69) is 36.1 Å². The summed E-state index contributed by atoms with van der Waals surface area (Å²) in [6, 6.07) is 11.7. The third kappa shape index (κ3) is 5.01. The van der Waals surface area contributed by atoms with Crippen LogP contribution in [0.1, 0.15) is 36.0 Å². The lowest BCUT2D eigenvalue weighted by Gasteiger charge is -2.25. The Kier molecular flexibility index (Phi) is 7.63. The summed E-state index contributed by atoms with van der Waals surface area (Å²) in [5, 5.41) is 16.5. The van der Waals surface area contributed by atoms with Crippen molar-refractivity contribution in [1.29, 1.82) is 0 Å². The molecule has 178 valence electrons. The Bertz CT molecular complexity index is 1300. The average molecular weight is 519 g/mol. The maximum absolute atomic E-state index is 9.55. The largest absolute Gasteiger partial charge is 0.396 e. The summed E-state index contributed by atoms with van der Waals surface area (Å²) in [5.74, 6) is 1.38. The number of aliphatic hydroxyl groups excluding tert-OH is 1. The number of aliphatic hydroxyl groups is 1. The number of anilines is 1. The highest BCUT2D eigenvalue weighted by Gasteiger charge is 2.24. The molecule has 0 aliphatic carbocycles. The van der Waals surface area contributed by atoms with Crippen molar-refractivity contribution in [3.63, 3.8) is 0 Å². The topological polar surface area (TPSA) is 67.1 Å². The number of hydrogen-bond acceptors (Lipinski definition) is 5. The quantitative estimate of drug-likeness (QED) is 0.295. The van der Waals surface area contributed by atoms with Crippen LogP contribution in [0, 0.1) is 13.8 Å². The molecule has 4 rings (SSSR count). The summed E-state index contributed by atoms with van der Waals surface area (Å²) in [5.41, 5.74) is 4.36. The highest BCUT2D eigenvalue weighted by atomic mass is 35.5. The van der Waals surface area contributed by atoms with E-state index in [1.165, 1.54) is 5.56 Å². The fourth-order valence-corrected chi connectivity index (χ4v) is 4.95. The van der Waals surface area contributed by atoms with Gasteiger partial charge in [0.2, 0.25) is 0 Å². The number of rotatable bonds is 8. The molecular weight excluding hydrogens is 493 g/mol. The van der Waals surface area contributed by atoms with Crippen LogP contribution in [0.15, 0.2) is 36.4 Å². The number of benzene rings is 2. The van der Waals surface area contributed by atoms with E-state index in [1.54, 1.807) is 16.8 Å². The first-order valence-electron chi connectivity index (χ1n) is 11.1. The summed E-state index contributed by atoms with van der Waals surface area (Å²) in [4.78, 5) is 11.7. The van der Waals surface area contributed by atoms with E-state index in [4.69, 9.17) is 49.9 Å². The average Bonchev–Trinajstić information content (AvgIpc) is 3.15. The minimum Gasteiger partial charge on any atom is -0.396 e. The second-order valence-corrected chi connectivity index (χ2v) is 9.46. The predicted octanol–water partition coefficient (Wildman–Crippen LogP) is 6.34. The zero-order valence-electron chi connectivity index (χ0n) is 19.3. The van der Waals surface area contributed by atoms with Crippen LogP contribution in [-0.4, -0.2) is 38.0 Å². The molecule has 0 aliphatic heterocycles. The zero-order chi connectivity index (χ0) is 24.4. The minimum atomic E-state index is 0.0908. The summed E-state index contributed by atoms with van der Waals surface area (Å²) in [7, 11) is 0. The lowest BCUT2D eigenvalue weighted by molar-refractivity contribution is 0.289. The Morgan fingerprint density at radius 2 is 1.68 bits per heavy atom. The van der Waals surface area contributed by atoms with Gasteiger partial charge in [-0.1, -0.05) is 71.6 Å². The van der Waals surface area contributed by atoms with Crippen molar-refractivity contribution in [3.8, 4) is 5.69 Å². The molecule has 34 heavy (non-hydrogen) atoms. The summed E-state index contributed by atoms with van der Waals surface area (Å²) >= 11 is 19.2. The van der Waals surface area contributed by atoms with Gasteiger partial charge in [-0.05, 0) is 44.4 Å². The van der Waals surface area contributed by atoms with Crippen LogP contribution < -0.4 is 4.90 Å². The van der Waals surface area contributed by atoms with E-state index in [-0.39, 0.29) is 6.61 Å². The molecule has 0 amide bonds. The van der Waals surface area contributed by atoms with E-state index < -0.39 is 0 Å². The second kappa shape index (κ2) is 10.5. The van der Waals surface area contributed by atoms with Gasteiger partial charge < -0.3 is 10.0 Å². The number of halogens is 3. The van der Waals surface area contributed by atoms with E-state index in [1.807, 2.05) is 13.8 Å². The van der Waals surface area contributed by atoms with Crippen LogP contribution in [0.3, 0.4) is 0 Å². The maximum Gasteiger partial charge on any atom is 0.169 e. The third-order valence-corrected chi connectivity index (χ3v) is 6.40. The second-order valence-electron chi connectivity index (χ2n) is 8.21. The first kappa shape index (κ1) is 24.7. The maximum atomic E-state index is 9.55. The van der Waals surface area contributed by atoms with E-state index >= 15 is 0 Å². The molecule has 0 spiro atoms. The van der Waals surface area contributed by atoms with E-state index in [0.29, 0.717) is 58.2 Å². The van der Waals surface area contributed by atoms with Crippen molar-refractivity contribution in [2.45, 2.75) is 40.2 Å². The first-order chi connectivity index (χ1) is 16.3. The lowest BCUT2D eigenvalue weighted by Crippen LogP contribution is -2.26. The standard InChI is InChI=1S/C25H26Cl3N5O/c1-4-21-22-24(32(10-5-11-34)14-17-8-6-15(2)7-9-17)29-16(3)30-25(22)33(31-21)23-19(27)12-18(26)13-20(23)28/h6-9,12-13,34H,4-5,10-11,14H2,1-3H3. The molecule has 0 bridgehead atoms. The molecule has 1 N–H and O–H groups in total. The van der Waals surface area contributed by atoms with Gasteiger partial charge in [-0.25, -0.2) is 14.6 Å². The monoisotopic (exact) mass is 517 g/mol. The SMILES string of the molecule is CCc1nn(-c2c(Cl)cc(Cl)cc2Cl)c2nc(C)nc(N(CCCO)Cc3ccc(C)cc3)c12. The Labute approximate surface area is 214 Å². The smallest absolute Gasteiger partial charge is 0.169 e. The van der Waals surface area contributed by atoms with Crippen molar-refractivity contribution in [2.24, 2.45) is 0 Å². The van der Waals surface area contributed by atoms with Gasteiger partial charge in [-0.3, -0.25) is 0 Å². The van der Waals surface area contributed by atoms with Crippen LogP contribution in [0.4, 0.5) is 5.82 Å². The molecule has 4 aromatic rings. The van der Waals surface area contributed by atoms with Gasteiger partial charge in [-0.2, -0.15) is 5.10 Å². The lowest BCUT2D eigenvalue weighted by atomic mass is 10.1. The van der Waals surface area contributed by atoms with Crippen molar-refractivity contribution in [1.82, 2.24) is 19.7 Å². The fraction of sp³-hybridized carbons (Fsp3) is 0.320. The van der Waals surface area contributed by atoms with E-state index in [9.17, 15) is 5.11 Å². The van der Waals surface area contributed by atoms with Crippen LogP contribution in [-0.2, 0) is 13.0 Å². The minimum absolute atomic E-state index is 0.0908. The van der Waals surface area contributed by atoms with Gasteiger partial charge in [-0.15, -0.1) is 0 Å². The molecule has 0 unspecified atom stereocenters. The Hall–Kier alpha value is -2.38. The van der Waals surface area contributed by atoms with Crippen LogP contribution >= 0.6 is 34.8 Å². The van der Waals surface area contributed by atoms with Crippen LogP contribution in [0.2, 0.25) is 15.1 Å². The molecule has 0 fully saturated rings. The summed E-state index contributed by atoms with van der Waals surface area (Å²) in [6.45, 7) is 7.33. The molecule has 0 radical (unpaired) electrons. The highest BCUT2D eigenvalue weighted by Crippen LogP contribution is 2.36. The van der Waals surface area contributed by atoms with Crippen LogP contribution in [0.25, 0.3) is 16.7 Å². The Morgan fingerprint density at radius 3 is 2.29 bits per heavy atom. The van der Waals surface area contributed by atoms with Crippen molar-refractivity contribution >= 4 is 51.7 Å². The van der Waals surface area contributed by atoms with Crippen molar-refractivity contribution in [2.75, 3.05) is 18.1 Å². The molecule has 2 aromatic heterocycles. The highest BCUT2D eigenvalue weighted by molar-refractivity contribution is 6.40. The Morgan fingerprint density at radius 1 is 1.00 bits per heavy atom. The van der Waals surface area contributed by atoms with Gasteiger partial charge in [0.1, 0.15) is 17.3 Å². The van der Waals surface area contributed by atoms with Gasteiger partial charge in [0.25, 0.3) is 0 Å². The molecule has 2 heterocycles. The molecule has 2 aromatic carbocycles. The van der Waals surface area contributed by atoms with Gasteiger partial charge in [0.15, 0.2) is 5.65 Å². The summed E-state index contributed by atoms with van der Waals surface area (Å²) < 4.78 is 1.68. The normalized spacial score (nSPS) is 11.4. The Balaban J connectivity index is 1.92. The van der Waals surface area contributed by atoms with Gasteiger partial charge in [0, 0.05) is 24.7 Å². The van der Waals surface area contributed by atoms with E-state index in [0.717, 1.165) is 22.5 Å². The van der Waals surface area contributed by atoms with Gasteiger partial charge in [0.05, 0.1) is 21.1 Å². The number of aryl methyl sites for hydroxylation is 3. The molecule has 0 saturated heterocycles. The summed E-state index contributed by atoms with van der Waals surface area (Å²) in [6.07, 6.45) is 1.28. The molecule has 0 saturated carbocycles. The number of nitrogens with zero attached hydrogens (tertiary/aromatic N) is 5. The zero-order valence-corrected chi connectivity index (χ0v) is 21.6. The molecular formula is C25H26Cl3N5O. The number of hydrogen-bond donors (Lipinski definition) is 1. The number of aromatic nitrogens is 4. The molecule has 0 atom stereocenters. The molecule has 9 heteroatoms. The molecule has 6 nitrogen and oxygen atoms in total. The first-order valence-corrected chi connectivity index (χ1v) is 12.3. The predicted molar refractivity (Wildman–Crippen MR) is 140 cm³/mol. The molecule has 0 aliphatic rings. The van der Waals surface area contributed by atoms with Crippen LogP contribution in [0.5, 0.6) is 0 Å². The van der Waals surface area contributed by atoms with Crippen molar-refractivity contribution < 1.29 is 5.11 Å². The fourth-order valence-electron chi connectivity index (χ4n) is 3.98. The number of fused-ring (bicyclic) bond motifs is 1. The third-order valence-electron chi connectivity index (χ3n) is 5.60.